The Balaban J connectivity index is 1.39. The maximum absolute atomic E-state index is 12.1. The lowest BCUT2D eigenvalue weighted by atomic mass is 10.0. The van der Waals surface area contributed by atoms with Crippen molar-refractivity contribution in [1.82, 2.24) is 15.5 Å². The van der Waals surface area contributed by atoms with E-state index in [-0.39, 0.29) is 24.7 Å². The molecule has 7 nitrogen and oxygen atoms in total. The van der Waals surface area contributed by atoms with Crippen molar-refractivity contribution in [1.29, 1.82) is 0 Å². The van der Waals surface area contributed by atoms with Gasteiger partial charge in [0.15, 0.2) is 6.61 Å². The van der Waals surface area contributed by atoms with Crippen molar-refractivity contribution < 1.29 is 18.7 Å². The van der Waals surface area contributed by atoms with Crippen LogP contribution in [0.3, 0.4) is 0 Å². The van der Waals surface area contributed by atoms with Crippen LogP contribution in [0.1, 0.15) is 56.1 Å². The average Bonchev–Trinajstić information content (AvgIpc) is 3.15. The van der Waals surface area contributed by atoms with Gasteiger partial charge in [0, 0.05) is 6.42 Å². The molecule has 1 amide bonds. The van der Waals surface area contributed by atoms with Gasteiger partial charge in [0.05, 0.1) is 12.6 Å². The van der Waals surface area contributed by atoms with Crippen LogP contribution in [0.25, 0.3) is 0 Å². The Morgan fingerprint density at radius 1 is 1.26 bits per heavy atom. The Morgan fingerprint density at radius 2 is 2.07 bits per heavy atom. The topological polar surface area (TPSA) is 86.5 Å². The third kappa shape index (κ3) is 5.79. The van der Waals surface area contributed by atoms with Crippen molar-refractivity contribution in [2.24, 2.45) is 0 Å². The smallest absolute Gasteiger partial charge is 0.258 e. The van der Waals surface area contributed by atoms with Crippen molar-refractivity contribution in [3.05, 3.63) is 41.6 Å². The van der Waals surface area contributed by atoms with E-state index in [1.165, 1.54) is 0 Å². The van der Waals surface area contributed by atoms with Crippen LogP contribution in [-0.2, 0) is 16.0 Å². The average molecular weight is 373 g/mol. The molecule has 2 atom stereocenters. The number of rotatable bonds is 8. The number of aromatic nitrogens is 2. The highest BCUT2D eigenvalue weighted by molar-refractivity contribution is 5.77. The molecule has 2 aromatic rings. The predicted octanol–water partition coefficient (Wildman–Crippen LogP) is 3.14. The Morgan fingerprint density at radius 3 is 2.78 bits per heavy atom. The van der Waals surface area contributed by atoms with Crippen molar-refractivity contribution in [3.8, 4) is 5.75 Å². The number of nitrogens with zero attached hydrogens (tertiary/aromatic N) is 2. The zero-order valence-electron chi connectivity index (χ0n) is 15.9. The van der Waals surface area contributed by atoms with Crippen LogP contribution < -0.4 is 10.1 Å². The fourth-order valence-corrected chi connectivity index (χ4v) is 2.94. The van der Waals surface area contributed by atoms with Gasteiger partial charge in [-0.1, -0.05) is 31.0 Å². The summed E-state index contributed by atoms with van der Waals surface area (Å²) in [6, 6.07) is 7.59. The Labute approximate surface area is 159 Å². The molecule has 1 aliphatic heterocycles. The number of unbranched alkanes of at least 4 members (excludes halogenated alkanes) is 1. The second kappa shape index (κ2) is 9.50. The summed E-state index contributed by atoms with van der Waals surface area (Å²) in [6.07, 6.45) is 4.27. The second-order valence-corrected chi connectivity index (χ2v) is 6.90. The van der Waals surface area contributed by atoms with Crippen LogP contribution >= 0.6 is 0 Å². The fraction of sp³-hybridized carbons (Fsp3) is 0.550. The summed E-state index contributed by atoms with van der Waals surface area (Å²) in [7, 11) is 0. The van der Waals surface area contributed by atoms with Crippen LogP contribution in [-0.4, -0.2) is 35.4 Å². The van der Waals surface area contributed by atoms with Gasteiger partial charge in [-0.05, 0) is 38.3 Å². The zero-order chi connectivity index (χ0) is 19.1. The lowest BCUT2D eigenvalue weighted by Gasteiger charge is -2.27. The molecular formula is C20H27N3O4. The summed E-state index contributed by atoms with van der Waals surface area (Å²) in [5.41, 5.74) is 1.15. The maximum atomic E-state index is 12.1. The number of carbonyl (C=O) groups is 1. The lowest BCUT2D eigenvalue weighted by molar-refractivity contribution is -0.125. The quantitative estimate of drug-likeness (QED) is 0.765. The summed E-state index contributed by atoms with van der Waals surface area (Å²) in [6.45, 7) is 4.55. The number of hydrogen-bond acceptors (Lipinski definition) is 6. The van der Waals surface area contributed by atoms with Crippen LogP contribution in [0.5, 0.6) is 5.75 Å². The monoisotopic (exact) mass is 373 g/mol. The van der Waals surface area contributed by atoms with Gasteiger partial charge in [-0.3, -0.25) is 4.79 Å². The van der Waals surface area contributed by atoms with E-state index in [2.05, 4.69) is 22.4 Å². The van der Waals surface area contributed by atoms with Gasteiger partial charge in [0.2, 0.25) is 11.8 Å². The molecule has 0 unspecified atom stereocenters. The van der Waals surface area contributed by atoms with E-state index in [4.69, 9.17) is 13.9 Å². The van der Waals surface area contributed by atoms with E-state index in [0.29, 0.717) is 24.1 Å². The Hall–Kier alpha value is -2.41. The molecule has 0 saturated carbocycles. The van der Waals surface area contributed by atoms with Gasteiger partial charge in [-0.15, -0.1) is 10.2 Å². The standard InChI is InChI=1S/C20H27N3O4/c1-3-4-5-19-22-23-20(27-19)17-11-8-15(12-26-17)21-18(24)13-25-16-9-6-14(2)7-10-16/h6-7,9-10,15,17H,3-5,8,11-13H2,1-2H3,(H,21,24)/t15-,17+/m0/s1. The van der Waals surface area contributed by atoms with Gasteiger partial charge in [0.25, 0.3) is 5.91 Å². The van der Waals surface area contributed by atoms with E-state index >= 15 is 0 Å². The SMILES string of the molecule is CCCCc1nnc([C@H]2CC[C@H](NC(=O)COc3ccc(C)cc3)CO2)o1. The van der Waals surface area contributed by atoms with Crippen molar-refractivity contribution >= 4 is 5.91 Å². The molecule has 1 saturated heterocycles. The molecule has 0 aliphatic carbocycles. The number of hydrogen-bond donors (Lipinski definition) is 1. The molecule has 0 spiro atoms. The van der Waals surface area contributed by atoms with Gasteiger partial charge in [-0.25, -0.2) is 0 Å². The number of amides is 1. The summed E-state index contributed by atoms with van der Waals surface area (Å²) < 4.78 is 17.0. The van der Waals surface area contributed by atoms with Crippen LogP contribution in [0.2, 0.25) is 0 Å². The molecular weight excluding hydrogens is 346 g/mol. The largest absolute Gasteiger partial charge is 0.484 e. The Kier molecular flexibility index (Phi) is 6.81. The molecule has 0 radical (unpaired) electrons. The number of benzene rings is 1. The summed E-state index contributed by atoms with van der Waals surface area (Å²) >= 11 is 0. The first-order chi connectivity index (χ1) is 13.1. The third-order valence-electron chi connectivity index (χ3n) is 4.53. The minimum absolute atomic E-state index is 0.00651. The zero-order valence-corrected chi connectivity index (χ0v) is 15.9. The van der Waals surface area contributed by atoms with E-state index < -0.39 is 0 Å². The summed E-state index contributed by atoms with van der Waals surface area (Å²) in [5.74, 6) is 1.74. The van der Waals surface area contributed by atoms with Crippen LogP contribution in [0, 0.1) is 6.92 Å². The molecule has 3 rings (SSSR count). The summed E-state index contributed by atoms with van der Waals surface area (Å²) in [5, 5.41) is 11.1. The summed E-state index contributed by atoms with van der Waals surface area (Å²) in [4.78, 5) is 12.1. The molecule has 1 fully saturated rings. The van der Waals surface area contributed by atoms with E-state index in [1.807, 2.05) is 31.2 Å². The fourth-order valence-electron chi connectivity index (χ4n) is 2.94. The van der Waals surface area contributed by atoms with Gasteiger partial charge < -0.3 is 19.2 Å². The molecule has 7 heteroatoms. The molecule has 1 aliphatic rings. The molecule has 2 heterocycles. The van der Waals surface area contributed by atoms with Gasteiger partial charge >= 0.3 is 0 Å². The highest BCUT2D eigenvalue weighted by Gasteiger charge is 2.27. The first kappa shape index (κ1) is 19.4. The van der Waals surface area contributed by atoms with Crippen molar-refractivity contribution in [2.45, 2.75) is 58.1 Å². The second-order valence-electron chi connectivity index (χ2n) is 6.90. The minimum Gasteiger partial charge on any atom is -0.484 e. The molecule has 0 bridgehead atoms. The van der Waals surface area contributed by atoms with Crippen LogP contribution in [0.4, 0.5) is 0 Å². The van der Waals surface area contributed by atoms with E-state index in [9.17, 15) is 4.79 Å². The first-order valence-electron chi connectivity index (χ1n) is 9.56. The molecule has 1 aromatic heterocycles. The lowest BCUT2D eigenvalue weighted by Crippen LogP contribution is -2.43. The molecule has 1 aromatic carbocycles. The highest BCUT2D eigenvalue weighted by Crippen LogP contribution is 2.27. The van der Waals surface area contributed by atoms with E-state index in [0.717, 1.165) is 37.7 Å². The maximum Gasteiger partial charge on any atom is 0.258 e. The van der Waals surface area contributed by atoms with Gasteiger partial charge in [0.1, 0.15) is 11.9 Å². The third-order valence-corrected chi connectivity index (χ3v) is 4.53. The Bertz CT molecular complexity index is 721. The molecule has 146 valence electrons. The predicted molar refractivity (Wildman–Crippen MR) is 99.4 cm³/mol. The highest BCUT2D eigenvalue weighted by atomic mass is 16.5. The number of ether oxygens (including phenoxy) is 2. The molecule has 1 N–H and O–H groups in total. The number of carbonyl (C=O) groups excluding carboxylic acids is 1. The van der Waals surface area contributed by atoms with E-state index in [1.54, 1.807) is 0 Å². The number of aryl methyl sites for hydroxylation is 2. The minimum atomic E-state index is -0.190. The normalized spacial score (nSPS) is 19.6. The van der Waals surface area contributed by atoms with Crippen LogP contribution in [0.15, 0.2) is 28.7 Å². The molecule has 27 heavy (non-hydrogen) atoms. The van der Waals surface area contributed by atoms with Gasteiger partial charge in [-0.2, -0.15) is 0 Å². The first-order valence-corrected chi connectivity index (χ1v) is 9.56. The number of nitrogens with one attached hydrogen (secondary N) is 1. The van der Waals surface area contributed by atoms with Crippen molar-refractivity contribution in [2.75, 3.05) is 13.2 Å². The van der Waals surface area contributed by atoms with Crippen molar-refractivity contribution in [3.63, 3.8) is 0 Å².